The maximum atomic E-state index is 5.41. The van der Waals surface area contributed by atoms with Gasteiger partial charge >= 0.3 is 0 Å². The molecule has 0 radical (unpaired) electrons. The molecule has 0 bridgehead atoms. The van der Waals surface area contributed by atoms with Gasteiger partial charge in [0.25, 0.3) is 0 Å². The summed E-state index contributed by atoms with van der Waals surface area (Å²) in [5.74, 6) is 0. The summed E-state index contributed by atoms with van der Waals surface area (Å²) in [5.41, 5.74) is 3.04. The molecule has 1 N–H and O–H groups in total. The van der Waals surface area contributed by atoms with Gasteiger partial charge in [0.2, 0.25) is 0 Å². The molecule has 76 valence electrons. The number of rotatable bonds is 3. The maximum absolute atomic E-state index is 5.41. The van der Waals surface area contributed by atoms with Crippen LogP contribution in [0.4, 0.5) is 0 Å². The predicted molar refractivity (Wildman–Crippen MR) is 55.9 cm³/mol. The molecule has 1 unspecified atom stereocenters. The van der Waals surface area contributed by atoms with Crippen molar-refractivity contribution in [2.75, 3.05) is 19.8 Å². The van der Waals surface area contributed by atoms with E-state index in [-0.39, 0.29) is 0 Å². The van der Waals surface area contributed by atoms with Crippen molar-refractivity contribution < 1.29 is 4.74 Å². The summed E-state index contributed by atoms with van der Waals surface area (Å²) in [6.45, 7) is 9.40. The van der Waals surface area contributed by atoms with Crippen molar-refractivity contribution in [2.45, 2.75) is 39.7 Å². The van der Waals surface area contributed by atoms with Crippen molar-refractivity contribution in [1.82, 2.24) is 5.32 Å². The number of hydrogen-bond donors (Lipinski definition) is 1. The maximum Gasteiger partial charge on any atom is 0.0623 e. The minimum absolute atomic E-state index is 0.537. The van der Waals surface area contributed by atoms with Crippen molar-refractivity contribution in [3.05, 3.63) is 11.1 Å². The fourth-order valence-corrected chi connectivity index (χ4v) is 1.60. The normalized spacial score (nSPS) is 25.6. The van der Waals surface area contributed by atoms with Crippen molar-refractivity contribution >= 4 is 0 Å². The Morgan fingerprint density at radius 1 is 1.38 bits per heavy atom. The Bertz CT molecular complexity index is 181. The highest BCUT2D eigenvalue weighted by Crippen LogP contribution is 2.14. The van der Waals surface area contributed by atoms with Crippen molar-refractivity contribution in [2.24, 2.45) is 0 Å². The third kappa shape index (κ3) is 3.49. The Labute approximate surface area is 81.4 Å². The van der Waals surface area contributed by atoms with E-state index in [1.54, 1.807) is 0 Å². The third-order valence-electron chi connectivity index (χ3n) is 2.81. The zero-order valence-corrected chi connectivity index (χ0v) is 9.02. The lowest BCUT2D eigenvalue weighted by Gasteiger charge is -2.24. The average molecular weight is 183 g/mol. The van der Waals surface area contributed by atoms with Gasteiger partial charge in [0.1, 0.15) is 0 Å². The Kier molecular flexibility index (Phi) is 4.46. The van der Waals surface area contributed by atoms with Crippen LogP contribution in [0.15, 0.2) is 11.1 Å². The molecule has 0 aliphatic carbocycles. The minimum Gasteiger partial charge on any atom is -0.379 e. The lowest BCUT2D eigenvalue weighted by molar-refractivity contribution is 0.0769. The van der Waals surface area contributed by atoms with Crippen LogP contribution in [0.5, 0.6) is 0 Å². The highest BCUT2D eigenvalue weighted by atomic mass is 16.5. The standard InChI is InChI=1S/C11H21NO/c1-4-9(2)10(3)7-11-8-13-6-5-12-11/h11-12H,4-8H2,1-3H3. The van der Waals surface area contributed by atoms with Crippen molar-refractivity contribution in [3.8, 4) is 0 Å². The first-order chi connectivity index (χ1) is 6.24. The highest BCUT2D eigenvalue weighted by molar-refractivity contribution is 5.10. The summed E-state index contributed by atoms with van der Waals surface area (Å²) in [6, 6.07) is 0.537. The van der Waals surface area contributed by atoms with E-state index in [0.29, 0.717) is 6.04 Å². The number of hydrogen-bond acceptors (Lipinski definition) is 2. The topological polar surface area (TPSA) is 21.3 Å². The van der Waals surface area contributed by atoms with E-state index >= 15 is 0 Å². The third-order valence-corrected chi connectivity index (χ3v) is 2.81. The van der Waals surface area contributed by atoms with Gasteiger partial charge in [-0.3, -0.25) is 0 Å². The first-order valence-corrected chi connectivity index (χ1v) is 5.20. The molecule has 0 spiro atoms. The van der Waals surface area contributed by atoms with Crippen molar-refractivity contribution in [1.29, 1.82) is 0 Å². The molecule has 1 aliphatic heterocycles. The lowest BCUT2D eigenvalue weighted by atomic mass is 10.0. The van der Waals surface area contributed by atoms with Gasteiger partial charge < -0.3 is 10.1 Å². The van der Waals surface area contributed by atoms with Gasteiger partial charge in [-0.2, -0.15) is 0 Å². The number of allylic oxidation sites excluding steroid dienone is 1. The van der Waals surface area contributed by atoms with E-state index < -0.39 is 0 Å². The zero-order valence-electron chi connectivity index (χ0n) is 9.02. The molecule has 1 heterocycles. The van der Waals surface area contributed by atoms with E-state index in [0.717, 1.165) is 26.2 Å². The summed E-state index contributed by atoms with van der Waals surface area (Å²) in [6.07, 6.45) is 2.30. The molecule has 1 fully saturated rings. The second-order valence-electron chi connectivity index (χ2n) is 3.84. The van der Waals surface area contributed by atoms with Crippen molar-refractivity contribution in [3.63, 3.8) is 0 Å². The van der Waals surface area contributed by atoms with E-state index in [1.165, 1.54) is 17.6 Å². The number of ether oxygens (including phenoxy) is 1. The molecular formula is C11H21NO. The van der Waals surface area contributed by atoms with Crippen LogP contribution in [-0.2, 0) is 4.74 Å². The van der Waals surface area contributed by atoms with Gasteiger partial charge in [-0.25, -0.2) is 0 Å². The van der Waals surface area contributed by atoms with Gasteiger partial charge in [0.05, 0.1) is 13.2 Å². The van der Waals surface area contributed by atoms with Gasteiger partial charge in [0.15, 0.2) is 0 Å². The minimum atomic E-state index is 0.537. The first kappa shape index (κ1) is 10.7. The van der Waals surface area contributed by atoms with Gasteiger partial charge in [-0.05, 0) is 26.7 Å². The molecule has 1 rings (SSSR count). The first-order valence-electron chi connectivity index (χ1n) is 5.20. The van der Waals surface area contributed by atoms with E-state index in [4.69, 9.17) is 4.74 Å². The number of morpholine rings is 1. The lowest BCUT2D eigenvalue weighted by Crippen LogP contribution is -2.41. The Balaban J connectivity index is 2.38. The van der Waals surface area contributed by atoms with E-state index in [2.05, 4.69) is 26.1 Å². The van der Waals surface area contributed by atoms with Crippen LogP contribution in [-0.4, -0.2) is 25.8 Å². The molecule has 1 atom stereocenters. The zero-order chi connectivity index (χ0) is 9.68. The van der Waals surface area contributed by atoms with Crippen LogP contribution in [0.2, 0.25) is 0 Å². The molecule has 0 aromatic heterocycles. The summed E-state index contributed by atoms with van der Waals surface area (Å²) in [7, 11) is 0. The Morgan fingerprint density at radius 2 is 2.15 bits per heavy atom. The van der Waals surface area contributed by atoms with Crippen LogP contribution < -0.4 is 5.32 Å². The molecule has 0 aromatic carbocycles. The van der Waals surface area contributed by atoms with Crippen LogP contribution in [0.25, 0.3) is 0 Å². The van der Waals surface area contributed by atoms with Crippen LogP contribution in [0.3, 0.4) is 0 Å². The monoisotopic (exact) mass is 183 g/mol. The molecule has 0 saturated carbocycles. The fourth-order valence-electron chi connectivity index (χ4n) is 1.60. The summed E-state index contributed by atoms with van der Waals surface area (Å²) < 4.78 is 5.41. The van der Waals surface area contributed by atoms with E-state index in [9.17, 15) is 0 Å². The highest BCUT2D eigenvalue weighted by Gasteiger charge is 2.13. The fraction of sp³-hybridized carbons (Fsp3) is 0.818. The molecule has 2 heteroatoms. The molecule has 2 nitrogen and oxygen atoms in total. The SMILES string of the molecule is CCC(C)=C(C)CC1COCCN1. The largest absolute Gasteiger partial charge is 0.379 e. The molecule has 0 amide bonds. The van der Waals surface area contributed by atoms with Gasteiger partial charge in [0, 0.05) is 12.6 Å². The molecular weight excluding hydrogens is 162 g/mol. The molecule has 1 saturated heterocycles. The van der Waals surface area contributed by atoms with Crippen LogP contribution in [0.1, 0.15) is 33.6 Å². The van der Waals surface area contributed by atoms with Crippen LogP contribution >= 0.6 is 0 Å². The Hall–Kier alpha value is -0.340. The number of nitrogens with one attached hydrogen (secondary N) is 1. The summed E-state index contributed by atoms with van der Waals surface area (Å²) in [5, 5.41) is 3.47. The smallest absolute Gasteiger partial charge is 0.0623 e. The van der Waals surface area contributed by atoms with Gasteiger partial charge in [-0.1, -0.05) is 18.1 Å². The summed E-state index contributed by atoms with van der Waals surface area (Å²) in [4.78, 5) is 0. The Morgan fingerprint density at radius 3 is 2.69 bits per heavy atom. The quantitative estimate of drug-likeness (QED) is 0.677. The second-order valence-corrected chi connectivity index (χ2v) is 3.84. The van der Waals surface area contributed by atoms with Gasteiger partial charge in [-0.15, -0.1) is 0 Å². The van der Waals surface area contributed by atoms with E-state index in [1.807, 2.05) is 0 Å². The molecule has 13 heavy (non-hydrogen) atoms. The molecule has 1 aliphatic rings. The second kappa shape index (κ2) is 5.40. The van der Waals surface area contributed by atoms with Crippen LogP contribution in [0, 0.1) is 0 Å². The molecule has 0 aromatic rings. The average Bonchev–Trinajstić information content (AvgIpc) is 2.18. The predicted octanol–water partition coefficient (Wildman–Crippen LogP) is 2.11. The summed E-state index contributed by atoms with van der Waals surface area (Å²) >= 11 is 0.